The number of aldehydes is 1. The van der Waals surface area contributed by atoms with Crippen LogP contribution in [0.15, 0.2) is 30.3 Å². The average Bonchev–Trinajstić information content (AvgIpc) is 2.57. The van der Waals surface area contributed by atoms with Crippen LogP contribution in [0.3, 0.4) is 0 Å². The molecule has 1 aromatic heterocycles. The lowest BCUT2D eigenvalue weighted by atomic mass is 10.3. The van der Waals surface area contributed by atoms with Crippen LogP contribution in [0.4, 0.5) is 0 Å². The molecule has 1 N–H and O–H groups in total. The second-order valence-electron chi connectivity index (χ2n) is 3.18. The van der Waals surface area contributed by atoms with Gasteiger partial charge in [-0.05, 0) is 19.1 Å². The Balaban J connectivity index is 2.59. The van der Waals surface area contributed by atoms with E-state index in [2.05, 4.69) is 5.10 Å². The zero-order valence-corrected chi connectivity index (χ0v) is 8.21. The molecule has 4 heteroatoms. The average molecular weight is 202 g/mol. The van der Waals surface area contributed by atoms with Crippen LogP contribution in [-0.2, 0) is 0 Å². The Labute approximate surface area is 86.8 Å². The van der Waals surface area contributed by atoms with Crippen molar-refractivity contribution in [3.05, 3.63) is 41.7 Å². The number of nitrogens with zero attached hydrogens (tertiary/aromatic N) is 2. The number of carbonyl (C=O) groups is 1. The highest BCUT2D eigenvalue weighted by Gasteiger charge is 2.13. The van der Waals surface area contributed by atoms with Crippen molar-refractivity contribution < 1.29 is 9.90 Å². The van der Waals surface area contributed by atoms with Gasteiger partial charge in [-0.15, -0.1) is 0 Å². The number of carbonyl (C=O) groups excluding carboxylic acids is 1. The van der Waals surface area contributed by atoms with Gasteiger partial charge in [0.05, 0.1) is 11.4 Å². The van der Waals surface area contributed by atoms with Crippen LogP contribution >= 0.6 is 0 Å². The second-order valence-corrected chi connectivity index (χ2v) is 3.18. The Hall–Kier alpha value is -2.10. The van der Waals surface area contributed by atoms with Gasteiger partial charge in [0.2, 0.25) is 0 Å². The SMILES string of the molecule is Cc1c(O)c(C=O)nn1-c1ccccc1. The highest BCUT2D eigenvalue weighted by Crippen LogP contribution is 2.22. The molecule has 0 bridgehead atoms. The summed E-state index contributed by atoms with van der Waals surface area (Å²) in [5, 5.41) is 13.6. The van der Waals surface area contributed by atoms with Gasteiger partial charge < -0.3 is 5.11 Å². The van der Waals surface area contributed by atoms with Gasteiger partial charge in [0.15, 0.2) is 17.7 Å². The molecule has 1 aromatic carbocycles. The van der Waals surface area contributed by atoms with Gasteiger partial charge in [-0.2, -0.15) is 5.10 Å². The Morgan fingerprint density at radius 3 is 2.53 bits per heavy atom. The fourth-order valence-electron chi connectivity index (χ4n) is 1.42. The van der Waals surface area contributed by atoms with E-state index in [1.54, 1.807) is 11.6 Å². The van der Waals surface area contributed by atoms with Crippen LogP contribution in [0, 0.1) is 6.92 Å². The van der Waals surface area contributed by atoms with Gasteiger partial charge in [-0.3, -0.25) is 4.79 Å². The molecule has 1 heterocycles. The largest absolute Gasteiger partial charge is 0.504 e. The van der Waals surface area contributed by atoms with E-state index in [1.807, 2.05) is 30.3 Å². The zero-order chi connectivity index (χ0) is 10.8. The Bertz CT molecular complexity index is 489. The number of hydrogen-bond donors (Lipinski definition) is 1. The minimum Gasteiger partial charge on any atom is -0.504 e. The molecular weight excluding hydrogens is 192 g/mol. The van der Waals surface area contributed by atoms with E-state index in [1.165, 1.54) is 0 Å². The van der Waals surface area contributed by atoms with Gasteiger partial charge in [-0.1, -0.05) is 18.2 Å². The van der Waals surface area contributed by atoms with Crippen LogP contribution in [0.2, 0.25) is 0 Å². The summed E-state index contributed by atoms with van der Waals surface area (Å²) in [6.45, 7) is 1.71. The van der Waals surface area contributed by atoms with Crippen molar-refractivity contribution in [1.82, 2.24) is 9.78 Å². The van der Waals surface area contributed by atoms with Crippen molar-refractivity contribution in [2.75, 3.05) is 0 Å². The normalized spacial score (nSPS) is 10.2. The summed E-state index contributed by atoms with van der Waals surface area (Å²) in [5.41, 5.74) is 1.44. The van der Waals surface area contributed by atoms with E-state index in [-0.39, 0.29) is 11.4 Å². The standard InChI is InChI=1S/C11H10N2O2/c1-8-11(15)10(7-14)12-13(8)9-5-3-2-4-6-9/h2-7,15H,1H3. The number of benzene rings is 1. The van der Waals surface area contributed by atoms with Gasteiger partial charge in [0, 0.05) is 0 Å². The summed E-state index contributed by atoms with van der Waals surface area (Å²) in [5.74, 6) is -0.0612. The molecule has 15 heavy (non-hydrogen) atoms. The molecule has 0 fully saturated rings. The lowest BCUT2D eigenvalue weighted by Crippen LogP contribution is -1.98. The summed E-state index contributed by atoms with van der Waals surface area (Å²) in [6.07, 6.45) is 0.543. The van der Waals surface area contributed by atoms with E-state index < -0.39 is 0 Å². The molecule has 76 valence electrons. The molecule has 4 nitrogen and oxygen atoms in total. The fourth-order valence-corrected chi connectivity index (χ4v) is 1.42. The number of hydrogen-bond acceptors (Lipinski definition) is 3. The minimum atomic E-state index is -0.0612. The first kappa shape index (κ1) is 9.45. The van der Waals surface area contributed by atoms with Crippen molar-refractivity contribution >= 4 is 6.29 Å². The topological polar surface area (TPSA) is 55.1 Å². The third-order valence-corrected chi connectivity index (χ3v) is 2.22. The molecular formula is C11H10N2O2. The van der Waals surface area contributed by atoms with E-state index in [0.29, 0.717) is 12.0 Å². The maximum atomic E-state index is 10.6. The highest BCUT2D eigenvalue weighted by atomic mass is 16.3. The van der Waals surface area contributed by atoms with Crippen LogP contribution in [0.1, 0.15) is 16.2 Å². The van der Waals surface area contributed by atoms with Crippen LogP contribution in [-0.4, -0.2) is 21.2 Å². The number of rotatable bonds is 2. The van der Waals surface area contributed by atoms with Crippen molar-refractivity contribution in [2.24, 2.45) is 0 Å². The van der Waals surface area contributed by atoms with Crippen molar-refractivity contribution in [2.45, 2.75) is 6.92 Å². The second kappa shape index (κ2) is 3.57. The molecule has 0 unspecified atom stereocenters. The summed E-state index contributed by atoms with van der Waals surface area (Å²) < 4.78 is 1.54. The maximum Gasteiger partial charge on any atom is 0.174 e. The van der Waals surface area contributed by atoms with Crippen LogP contribution in [0.25, 0.3) is 5.69 Å². The molecule has 0 spiro atoms. The number of aromatic nitrogens is 2. The molecule has 2 aromatic rings. The van der Waals surface area contributed by atoms with E-state index >= 15 is 0 Å². The minimum absolute atomic E-state index is 0.0612. The number of para-hydroxylation sites is 1. The highest BCUT2D eigenvalue weighted by molar-refractivity contribution is 5.76. The lowest BCUT2D eigenvalue weighted by molar-refractivity contribution is 0.111. The van der Waals surface area contributed by atoms with Gasteiger partial charge in [-0.25, -0.2) is 4.68 Å². The molecule has 0 aliphatic heterocycles. The smallest absolute Gasteiger partial charge is 0.174 e. The first-order valence-electron chi connectivity index (χ1n) is 4.53. The van der Waals surface area contributed by atoms with Crippen molar-refractivity contribution in [3.63, 3.8) is 0 Å². The Morgan fingerprint density at radius 2 is 2.00 bits per heavy atom. The van der Waals surface area contributed by atoms with E-state index in [9.17, 15) is 9.90 Å². The summed E-state index contributed by atoms with van der Waals surface area (Å²) >= 11 is 0. The quantitative estimate of drug-likeness (QED) is 0.754. The molecule has 0 radical (unpaired) electrons. The first-order chi connectivity index (χ1) is 7.24. The third-order valence-electron chi connectivity index (χ3n) is 2.22. The molecule has 0 saturated heterocycles. The zero-order valence-electron chi connectivity index (χ0n) is 8.21. The summed E-state index contributed by atoms with van der Waals surface area (Å²) in [6, 6.07) is 9.34. The van der Waals surface area contributed by atoms with Crippen molar-refractivity contribution in [1.29, 1.82) is 0 Å². The number of aromatic hydroxyl groups is 1. The molecule has 0 aliphatic carbocycles. The molecule has 0 amide bonds. The Kier molecular flexibility index (Phi) is 2.25. The summed E-state index contributed by atoms with van der Waals surface area (Å²) in [4.78, 5) is 10.6. The fraction of sp³-hybridized carbons (Fsp3) is 0.0909. The third kappa shape index (κ3) is 1.50. The van der Waals surface area contributed by atoms with E-state index in [0.717, 1.165) is 5.69 Å². The Morgan fingerprint density at radius 1 is 1.33 bits per heavy atom. The molecule has 0 saturated carbocycles. The predicted molar refractivity (Wildman–Crippen MR) is 55.4 cm³/mol. The lowest BCUT2D eigenvalue weighted by Gasteiger charge is -2.02. The molecule has 2 rings (SSSR count). The van der Waals surface area contributed by atoms with Crippen LogP contribution in [0.5, 0.6) is 5.75 Å². The van der Waals surface area contributed by atoms with Gasteiger partial charge in [0.25, 0.3) is 0 Å². The monoisotopic (exact) mass is 202 g/mol. The summed E-state index contributed by atoms with van der Waals surface area (Å²) in [7, 11) is 0. The van der Waals surface area contributed by atoms with E-state index in [4.69, 9.17) is 0 Å². The van der Waals surface area contributed by atoms with Gasteiger partial charge >= 0.3 is 0 Å². The van der Waals surface area contributed by atoms with Gasteiger partial charge in [0.1, 0.15) is 0 Å². The first-order valence-corrected chi connectivity index (χ1v) is 4.53. The van der Waals surface area contributed by atoms with Crippen molar-refractivity contribution in [3.8, 4) is 11.4 Å². The predicted octanol–water partition coefficient (Wildman–Crippen LogP) is 1.70. The molecule has 0 atom stereocenters. The van der Waals surface area contributed by atoms with Crippen LogP contribution < -0.4 is 0 Å². The maximum absolute atomic E-state index is 10.6. The molecule has 0 aliphatic rings.